The van der Waals surface area contributed by atoms with Crippen LogP contribution in [0.3, 0.4) is 0 Å². The number of fused-ring (bicyclic) bond motifs is 1. The van der Waals surface area contributed by atoms with Crippen LogP contribution in [0.25, 0.3) is 11.2 Å². The number of nitrogens with zero attached hydrogens (tertiary/aromatic N) is 2. The number of alkyl halides is 1. The highest BCUT2D eigenvalue weighted by molar-refractivity contribution is 6.20. The van der Waals surface area contributed by atoms with E-state index in [9.17, 15) is 9.59 Å². The van der Waals surface area contributed by atoms with Crippen molar-refractivity contribution in [2.24, 2.45) is 0 Å². The molecule has 0 aliphatic rings. The minimum absolute atomic E-state index is 0.173. The minimum atomic E-state index is -0.511. The zero-order valence-corrected chi connectivity index (χ0v) is 10.8. The Kier molecular flexibility index (Phi) is 3.86. The van der Waals surface area contributed by atoms with E-state index in [-0.39, 0.29) is 10.9 Å². The second-order valence-corrected chi connectivity index (χ2v) is 5.07. The van der Waals surface area contributed by atoms with E-state index < -0.39 is 11.2 Å². The van der Waals surface area contributed by atoms with Gasteiger partial charge in [-0.2, -0.15) is 0 Å². The molecule has 98 valence electrons. The van der Waals surface area contributed by atoms with Gasteiger partial charge in [0.2, 0.25) is 0 Å². The number of unbranched alkanes of at least 4 members (excludes halogenated alkanes) is 1. The van der Waals surface area contributed by atoms with Crippen LogP contribution in [0, 0.1) is 0 Å². The van der Waals surface area contributed by atoms with Gasteiger partial charge in [0.25, 0.3) is 5.56 Å². The number of nitrogens with one attached hydrogen (secondary N) is 2. The molecule has 0 fully saturated rings. The number of aryl methyl sites for hydroxylation is 1. The molecule has 0 aliphatic heterocycles. The van der Waals surface area contributed by atoms with E-state index in [0.29, 0.717) is 12.2 Å². The number of rotatable bonds is 5. The summed E-state index contributed by atoms with van der Waals surface area (Å²) in [6.45, 7) is 2.67. The van der Waals surface area contributed by atoms with Gasteiger partial charge in [-0.05, 0) is 19.8 Å². The summed E-state index contributed by atoms with van der Waals surface area (Å²) in [6, 6.07) is 0. The molecule has 0 aliphatic carbocycles. The Bertz CT molecular complexity index is 640. The minimum Gasteiger partial charge on any atom is -0.317 e. The molecule has 2 N–H and O–H groups in total. The molecular formula is C11H15ClN4O2. The van der Waals surface area contributed by atoms with E-state index in [1.54, 1.807) is 10.9 Å². The molecular weight excluding hydrogens is 256 g/mol. The lowest BCUT2D eigenvalue weighted by Gasteiger charge is -2.04. The van der Waals surface area contributed by atoms with Crippen molar-refractivity contribution in [1.82, 2.24) is 19.5 Å². The van der Waals surface area contributed by atoms with Crippen LogP contribution in [-0.2, 0) is 6.54 Å². The average molecular weight is 271 g/mol. The van der Waals surface area contributed by atoms with Crippen molar-refractivity contribution in [3.8, 4) is 0 Å². The van der Waals surface area contributed by atoms with Crippen LogP contribution in [0.5, 0.6) is 0 Å². The monoisotopic (exact) mass is 270 g/mol. The Labute approximate surface area is 108 Å². The van der Waals surface area contributed by atoms with Crippen molar-refractivity contribution in [1.29, 1.82) is 0 Å². The Hall–Kier alpha value is -1.56. The van der Waals surface area contributed by atoms with Gasteiger partial charge in [0.1, 0.15) is 5.65 Å². The van der Waals surface area contributed by atoms with Crippen molar-refractivity contribution in [2.45, 2.75) is 38.1 Å². The summed E-state index contributed by atoms with van der Waals surface area (Å²) in [5.41, 5.74) is -0.228. The largest absolute Gasteiger partial charge is 0.327 e. The van der Waals surface area contributed by atoms with Crippen molar-refractivity contribution < 1.29 is 0 Å². The van der Waals surface area contributed by atoms with Crippen LogP contribution in [-0.4, -0.2) is 24.9 Å². The van der Waals surface area contributed by atoms with E-state index in [0.717, 1.165) is 19.3 Å². The molecule has 6 nitrogen and oxygen atoms in total. The van der Waals surface area contributed by atoms with E-state index >= 15 is 0 Å². The maximum atomic E-state index is 11.5. The lowest BCUT2D eigenvalue weighted by atomic mass is 10.2. The first-order valence-corrected chi connectivity index (χ1v) is 6.33. The van der Waals surface area contributed by atoms with Crippen LogP contribution in [0.15, 0.2) is 15.9 Å². The summed E-state index contributed by atoms with van der Waals surface area (Å²) in [5.74, 6) is 0. The van der Waals surface area contributed by atoms with Gasteiger partial charge in [0, 0.05) is 11.9 Å². The molecule has 2 rings (SSSR count). The SMILES string of the molecule is CC(Cl)CCCCn1cnc2c(=O)[nH]c(=O)[nH]c21. The van der Waals surface area contributed by atoms with Gasteiger partial charge in [0.05, 0.1) is 6.33 Å². The zero-order valence-electron chi connectivity index (χ0n) is 10.1. The fraction of sp³-hybridized carbons (Fsp3) is 0.545. The maximum Gasteiger partial charge on any atom is 0.327 e. The molecule has 1 unspecified atom stereocenters. The van der Waals surface area contributed by atoms with Gasteiger partial charge in [-0.15, -0.1) is 11.6 Å². The Morgan fingerprint density at radius 3 is 2.89 bits per heavy atom. The quantitative estimate of drug-likeness (QED) is 0.633. The predicted octanol–water partition coefficient (Wildman–Crippen LogP) is 1.21. The summed E-state index contributed by atoms with van der Waals surface area (Å²) in [4.78, 5) is 31.4. The van der Waals surface area contributed by atoms with Crippen molar-refractivity contribution in [3.63, 3.8) is 0 Å². The molecule has 0 bridgehead atoms. The average Bonchev–Trinajstić information content (AvgIpc) is 2.67. The second kappa shape index (κ2) is 5.39. The third kappa shape index (κ3) is 2.81. The van der Waals surface area contributed by atoms with Gasteiger partial charge < -0.3 is 4.57 Å². The highest BCUT2D eigenvalue weighted by Crippen LogP contribution is 2.09. The van der Waals surface area contributed by atoms with Crippen LogP contribution < -0.4 is 11.2 Å². The van der Waals surface area contributed by atoms with Crippen LogP contribution in [0.2, 0.25) is 0 Å². The van der Waals surface area contributed by atoms with Crippen LogP contribution in [0.1, 0.15) is 26.2 Å². The molecule has 2 heterocycles. The number of hydrogen-bond acceptors (Lipinski definition) is 3. The number of aromatic nitrogens is 4. The fourth-order valence-electron chi connectivity index (χ4n) is 1.86. The van der Waals surface area contributed by atoms with Crippen molar-refractivity contribution >= 4 is 22.8 Å². The second-order valence-electron chi connectivity index (χ2n) is 4.32. The molecule has 0 amide bonds. The summed E-state index contributed by atoms with van der Waals surface area (Å²) in [5, 5.41) is 0.173. The number of imidazole rings is 1. The molecule has 2 aromatic rings. The Morgan fingerprint density at radius 1 is 1.39 bits per heavy atom. The van der Waals surface area contributed by atoms with E-state index in [4.69, 9.17) is 11.6 Å². The Morgan fingerprint density at radius 2 is 2.17 bits per heavy atom. The predicted molar refractivity (Wildman–Crippen MR) is 70.1 cm³/mol. The van der Waals surface area contributed by atoms with Gasteiger partial charge in [-0.3, -0.25) is 14.8 Å². The summed E-state index contributed by atoms with van der Waals surface area (Å²) >= 11 is 5.86. The van der Waals surface area contributed by atoms with E-state index in [1.807, 2.05) is 6.92 Å². The highest BCUT2D eigenvalue weighted by atomic mass is 35.5. The lowest BCUT2D eigenvalue weighted by molar-refractivity contribution is 0.591. The molecule has 0 spiro atoms. The zero-order chi connectivity index (χ0) is 13.1. The molecule has 1 atom stereocenters. The fourth-order valence-corrected chi connectivity index (χ4v) is 2.01. The van der Waals surface area contributed by atoms with Gasteiger partial charge >= 0.3 is 5.69 Å². The van der Waals surface area contributed by atoms with Gasteiger partial charge in [-0.25, -0.2) is 9.78 Å². The normalized spacial score (nSPS) is 13.0. The summed E-state index contributed by atoms with van der Waals surface area (Å²) in [7, 11) is 0. The standard InChI is InChI=1S/C11H15ClN4O2/c1-7(12)4-2-3-5-16-6-13-8-9(16)14-11(18)15-10(8)17/h6-7H,2-5H2,1H3,(H2,14,15,17,18). The Balaban J connectivity index is 2.14. The first-order chi connectivity index (χ1) is 8.58. The third-order valence-corrected chi connectivity index (χ3v) is 2.98. The smallest absolute Gasteiger partial charge is 0.317 e. The van der Waals surface area contributed by atoms with Crippen molar-refractivity contribution in [2.75, 3.05) is 0 Å². The summed E-state index contributed by atoms with van der Waals surface area (Å²) < 4.78 is 1.78. The molecule has 0 radical (unpaired) electrons. The number of aromatic amines is 2. The van der Waals surface area contributed by atoms with Crippen LogP contribution in [0.4, 0.5) is 0 Å². The van der Waals surface area contributed by atoms with Gasteiger partial charge in [0.15, 0.2) is 5.52 Å². The topological polar surface area (TPSA) is 83.5 Å². The number of hydrogen-bond donors (Lipinski definition) is 2. The lowest BCUT2D eigenvalue weighted by Crippen LogP contribution is -2.22. The van der Waals surface area contributed by atoms with Gasteiger partial charge in [-0.1, -0.05) is 6.42 Å². The first kappa shape index (κ1) is 12.9. The van der Waals surface area contributed by atoms with Crippen molar-refractivity contribution in [3.05, 3.63) is 27.2 Å². The van der Waals surface area contributed by atoms with Crippen LogP contribution >= 0.6 is 11.6 Å². The highest BCUT2D eigenvalue weighted by Gasteiger charge is 2.07. The van der Waals surface area contributed by atoms with E-state index in [1.165, 1.54) is 0 Å². The first-order valence-electron chi connectivity index (χ1n) is 5.89. The maximum absolute atomic E-state index is 11.5. The molecule has 0 aromatic carbocycles. The summed E-state index contributed by atoms with van der Waals surface area (Å²) in [6.07, 6.45) is 4.44. The molecule has 18 heavy (non-hydrogen) atoms. The number of halogens is 1. The third-order valence-electron chi connectivity index (χ3n) is 2.76. The molecule has 7 heteroatoms. The number of H-pyrrole nitrogens is 2. The molecule has 0 saturated heterocycles. The van der Waals surface area contributed by atoms with E-state index in [2.05, 4.69) is 15.0 Å². The molecule has 2 aromatic heterocycles. The molecule has 0 saturated carbocycles.